The maximum atomic E-state index is 11.8. The van der Waals surface area contributed by atoms with Crippen molar-refractivity contribution in [2.24, 2.45) is 0 Å². The first-order valence-electron chi connectivity index (χ1n) is 7.40. The second kappa shape index (κ2) is 7.97. The lowest BCUT2D eigenvalue weighted by atomic mass is 10.2. The molecule has 0 radical (unpaired) electrons. The van der Waals surface area contributed by atoms with Gasteiger partial charge in [0.05, 0.1) is 24.3 Å². The van der Waals surface area contributed by atoms with Crippen molar-refractivity contribution in [1.29, 1.82) is 0 Å². The van der Waals surface area contributed by atoms with Gasteiger partial charge in [-0.1, -0.05) is 0 Å². The molecule has 0 saturated heterocycles. The summed E-state index contributed by atoms with van der Waals surface area (Å²) < 4.78 is 9.80. The van der Waals surface area contributed by atoms with Crippen LogP contribution in [0.1, 0.15) is 27.1 Å². The van der Waals surface area contributed by atoms with Gasteiger partial charge in [0.25, 0.3) is 0 Å². The minimum Gasteiger partial charge on any atom is -0.508 e. The quantitative estimate of drug-likeness (QED) is 0.292. The molecule has 0 aliphatic rings. The summed E-state index contributed by atoms with van der Waals surface area (Å²) in [5, 5.41) is 46.5. The van der Waals surface area contributed by atoms with Crippen molar-refractivity contribution in [2.45, 2.75) is 6.42 Å². The van der Waals surface area contributed by atoms with Gasteiger partial charge in [-0.15, -0.1) is 0 Å². The number of phenols is 5. The van der Waals surface area contributed by atoms with Crippen molar-refractivity contribution in [3.63, 3.8) is 0 Å². The van der Waals surface area contributed by atoms with E-state index in [4.69, 9.17) is 9.47 Å². The molecule has 9 heteroatoms. The second-order valence-electron chi connectivity index (χ2n) is 5.23. The van der Waals surface area contributed by atoms with Crippen LogP contribution < -0.4 is 0 Å². The van der Waals surface area contributed by atoms with E-state index in [-0.39, 0.29) is 42.3 Å². The van der Waals surface area contributed by atoms with E-state index in [1.807, 2.05) is 0 Å². The minimum absolute atomic E-state index is 0.0328. The highest BCUT2D eigenvalue weighted by Gasteiger charge is 2.15. The van der Waals surface area contributed by atoms with Crippen LogP contribution >= 0.6 is 0 Å². The molecule has 9 nitrogen and oxygen atoms in total. The molecule has 26 heavy (non-hydrogen) atoms. The van der Waals surface area contributed by atoms with Gasteiger partial charge in [-0.3, -0.25) is 0 Å². The number of hydrogen-bond acceptors (Lipinski definition) is 9. The van der Waals surface area contributed by atoms with Gasteiger partial charge >= 0.3 is 11.9 Å². The molecule has 0 aliphatic heterocycles. The number of phenolic OH excluding ortho intramolecular Hbond substituents is 5. The number of ether oxygens (including phenoxy) is 2. The van der Waals surface area contributed by atoms with Gasteiger partial charge in [0.1, 0.15) is 11.5 Å². The van der Waals surface area contributed by atoms with Crippen LogP contribution in [0.5, 0.6) is 28.7 Å². The summed E-state index contributed by atoms with van der Waals surface area (Å²) in [6.07, 6.45) is 0.165. The molecule has 0 atom stereocenters. The minimum atomic E-state index is -0.847. The Bertz CT molecular complexity index is 786. The average Bonchev–Trinajstić information content (AvgIpc) is 2.57. The molecule has 0 unspecified atom stereocenters. The number of esters is 2. The van der Waals surface area contributed by atoms with Crippen molar-refractivity contribution < 1.29 is 44.6 Å². The topological polar surface area (TPSA) is 154 Å². The van der Waals surface area contributed by atoms with Gasteiger partial charge in [0.15, 0.2) is 17.2 Å². The predicted octanol–water partition coefficient (Wildman–Crippen LogP) is 1.62. The van der Waals surface area contributed by atoms with Gasteiger partial charge in [-0.25, -0.2) is 9.59 Å². The lowest BCUT2D eigenvalue weighted by molar-refractivity contribution is 0.0394. The third-order valence-electron chi connectivity index (χ3n) is 3.20. The first-order valence-corrected chi connectivity index (χ1v) is 7.40. The van der Waals surface area contributed by atoms with Gasteiger partial charge in [-0.05, 0) is 24.3 Å². The second-order valence-corrected chi connectivity index (χ2v) is 5.23. The van der Waals surface area contributed by atoms with Crippen LogP contribution in [0, 0.1) is 0 Å². The van der Waals surface area contributed by atoms with Gasteiger partial charge < -0.3 is 35.0 Å². The zero-order valence-corrected chi connectivity index (χ0v) is 13.4. The molecule has 0 aliphatic carbocycles. The van der Waals surface area contributed by atoms with Crippen molar-refractivity contribution in [2.75, 3.05) is 13.2 Å². The fourth-order valence-corrected chi connectivity index (χ4v) is 1.99. The average molecular weight is 364 g/mol. The first-order chi connectivity index (χ1) is 12.3. The fourth-order valence-electron chi connectivity index (χ4n) is 1.99. The highest BCUT2D eigenvalue weighted by Crippen LogP contribution is 2.35. The molecular weight excluding hydrogens is 348 g/mol. The maximum absolute atomic E-state index is 11.8. The Morgan fingerprint density at radius 2 is 1.12 bits per heavy atom. The summed E-state index contributed by atoms with van der Waals surface area (Å²) in [4.78, 5) is 23.5. The Hall–Kier alpha value is -3.62. The number of carbonyl (C=O) groups excluding carboxylic acids is 2. The third kappa shape index (κ3) is 4.69. The lowest BCUT2D eigenvalue weighted by Gasteiger charge is -2.08. The van der Waals surface area contributed by atoms with Gasteiger partial charge in [-0.2, -0.15) is 0 Å². The largest absolute Gasteiger partial charge is 0.508 e. The number of rotatable bonds is 6. The van der Waals surface area contributed by atoms with E-state index < -0.39 is 29.2 Å². The van der Waals surface area contributed by atoms with Crippen LogP contribution in [0.25, 0.3) is 0 Å². The van der Waals surface area contributed by atoms with Crippen LogP contribution in [-0.2, 0) is 9.47 Å². The summed E-state index contributed by atoms with van der Waals surface area (Å²) in [6, 6.07) is 5.20. The zero-order valence-electron chi connectivity index (χ0n) is 13.4. The first kappa shape index (κ1) is 18.7. The Balaban J connectivity index is 1.78. The van der Waals surface area contributed by atoms with Crippen LogP contribution in [-0.4, -0.2) is 50.7 Å². The summed E-state index contributed by atoms with van der Waals surface area (Å²) in [7, 11) is 0. The molecule has 0 aromatic heterocycles. The Morgan fingerprint density at radius 3 is 1.58 bits per heavy atom. The van der Waals surface area contributed by atoms with E-state index in [2.05, 4.69) is 0 Å². The molecule has 0 bridgehead atoms. The van der Waals surface area contributed by atoms with Gasteiger partial charge in [0.2, 0.25) is 0 Å². The van der Waals surface area contributed by atoms with Crippen LogP contribution in [0.15, 0.2) is 30.3 Å². The fraction of sp³-hybridized carbons (Fsp3) is 0.176. The molecule has 2 aromatic carbocycles. The molecule has 2 aromatic rings. The third-order valence-corrected chi connectivity index (χ3v) is 3.20. The lowest BCUT2D eigenvalue weighted by Crippen LogP contribution is -2.11. The molecule has 0 spiro atoms. The predicted molar refractivity (Wildman–Crippen MR) is 86.4 cm³/mol. The number of carbonyl (C=O) groups is 2. The van der Waals surface area contributed by atoms with Crippen LogP contribution in [0.4, 0.5) is 0 Å². The van der Waals surface area contributed by atoms with Gasteiger partial charge in [0, 0.05) is 12.5 Å². The summed E-state index contributed by atoms with van der Waals surface area (Å²) in [5.74, 6) is -4.26. The normalized spacial score (nSPS) is 10.3. The SMILES string of the molecule is O=C(OCCCOC(=O)c1cc(O)c(O)c(O)c1)c1cc(O)cc(O)c1. The Morgan fingerprint density at radius 1 is 0.692 bits per heavy atom. The standard InChI is InChI=1S/C17H16O9/c18-11-4-9(5-12(19)8-11)16(23)25-2-1-3-26-17(24)10-6-13(20)15(22)14(21)7-10/h4-8,18-22H,1-3H2. The monoisotopic (exact) mass is 364 g/mol. The van der Waals surface area contributed by atoms with E-state index in [1.165, 1.54) is 0 Å². The molecule has 2 rings (SSSR count). The number of hydrogen-bond donors (Lipinski definition) is 5. The Labute approximate surface area is 147 Å². The van der Waals surface area contributed by atoms with Crippen LogP contribution in [0.3, 0.4) is 0 Å². The number of aromatic hydroxyl groups is 5. The highest BCUT2D eigenvalue weighted by atomic mass is 16.5. The molecular formula is C17H16O9. The highest BCUT2D eigenvalue weighted by molar-refractivity contribution is 5.91. The summed E-state index contributed by atoms with van der Waals surface area (Å²) >= 11 is 0. The molecule has 138 valence electrons. The smallest absolute Gasteiger partial charge is 0.338 e. The van der Waals surface area contributed by atoms with E-state index in [0.717, 1.165) is 30.3 Å². The molecule has 0 saturated carbocycles. The van der Waals surface area contributed by atoms with Crippen molar-refractivity contribution in [1.82, 2.24) is 0 Å². The van der Waals surface area contributed by atoms with E-state index >= 15 is 0 Å². The van der Waals surface area contributed by atoms with Crippen molar-refractivity contribution in [3.8, 4) is 28.7 Å². The van der Waals surface area contributed by atoms with Crippen molar-refractivity contribution in [3.05, 3.63) is 41.5 Å². The Kier molecular flexibility index (Phi) is 5.74. The molecule has 0 fully saturated rings. The molecule has 0 heterocycles. The molecule has 5 N–H and O–H groups in total. The summed E-state index contributed by atoms with van der Waals surface area (Å²) in [6.45, 7) is -0.200. The van der Waals surface area contributed by atoms with Crippen molar-refractivity contribution >= 4 is 11.9 Å². The van der Waals surface area contributed by atoms with E-state index in [0.29, 0.717) is 0 Å². The molecule has 0 amide bonds. The zero-order chi connectivity index (χ0) is 19.3. The van der Waals surface area contributed by atoms with E-state index in [9.17, 15) is 35.1 Å². The number of benzene rings is 2. The maximum Gasteiger partial charge on any atom is 0.338 e. The van der Waals surface area contributed by atoms with E-state index in [1.54, 1.807) is 0 Å². The summed E-state index contributed by atoms with van der Waals surface area (Å²) in [5.41, 5.74) is -0.195. The van der Waals surface area contributed by atoms with Crippen LogP contribution in [0.2, 0.25) is 0 Å².